The molecule has 0 radical (unpaired) electrons. The summed E-state index contributed by atoms with van der Waals surface area (Å²) in [5.74, 6) is -0.521. The number of hydrogen-bond acceptors (Lipinski definition) is 3. The van der Waals surface area contributed by atoms with Gasteiger partial charge in [0.05, 0.1) is 0 Å². The number of primary amides is 1. The van der Waals surface area contributed by atoms with Crippen LogP contribution in [0, 0.1) is 0 Å². The van der Waals surface area contributed by atoms with E-state index in [0.717, 1.165) is 5.56 Å². The van der Waals surface area contributed by atoms with Gasteiger partial charge >= 0.3 is 0 Å². The van der Waals surface area contributed by atoms with Crippen LogP contribution in [0.2, 0.25) is 0 Å². The first kappa shape index (κ1) is 16.2. The summed E-state index contributed by atoms with van der Waals surface area (Å²) in [6, 6.07) is 7.44. The van der Waals surface area contributed by atoms with Crippen LogP contribution in [0.25, 0.3) is 0 Å². The fraction of sp³-hybridized carbons (Fsp3) is 0.333. The van der Waals surface area contributed by atoms with Crippen molar-refractivity contribution in [3.63, 3.8) is 0 Å². The number of carbonyl (C=O) groups is 2. The van der Waals surface area contributed by atoms with Crippen molar-refractivity contribution in [3.8, 4) is 0 Å². The highest BCUT2D eigenvalue weighted by molar-refractivity contribution is 5.85. The average Bonchev–Trinajstić information content (AvgIpc) is 2.27. The Labute approximate surface area is 112 Å². The third kappa shape index (κ3) is 6.10. The molecular formula is C12H18ClN3O2. The first-order chi connectivity index (χ1) is 8.09. The van der Waals surface area contributed by atoms with E-state index in [2.05, 4.69) is 5.32 Å². The number of carbonyl (C=O) groups excluding carboxylic acids is 2. The van der Waals surface area contributed by atoms with Crippen molar-refractivity contribution < 1.29 is 9.59 Å². The van der Waals surface area contributed by atoms with Gasteiger partial charge in [-0.2, -0.15) is 0 Å². The van der Waals surface area contributed by atoms with Gasteiger partial charge in [-0.05, 0) is 18.1 Å². The van der Waals surface area contributed by atoms with Gasteiger partial charge in [-0.3, -0.25) is 9.59 Å². The van der Waals surface area contributed by atoms with Gasteiger partial charge in [0.1, 0.15) is 0 Å². The van der Waals surface area contributed by atoms with Crippen molar-refractivity contribution in [3.05, 3.63) is 29.8 Å². The Hall–Kier alpha value is -1.75. The van der Waals surface area contributed by atoms with Gasteiger partial charge in [0.2, 0.25) is 11.8 Å². The number of nitrogen functional groups attached to an aromatic ring is 1. The topological polar surface area (TPSA) is 98.2 Å². The zero-order valence-corrected chi connectivity index (χ0v) is 10.8. The Morgan fingerprint density at radius 3 is 2.44 bits per heavy atom. The van der Waals surface area contributed by atoms with Crippen LogP contribution in [-0.4, -0.2) is 18.4 Å². The molecule has 0 aliphatic heterocycles. The minimum atomic E-state index is -0.419. The van der Waals surface area contributed by atoms with Gasteiger partial charge in [0, 0.05) is 25.1 Å². The molecule has 0 aromatic heterocycles. The maximum atomic E-state index is 11.4. The summed E-state index contributed by atoms with van der Waals surface area (Å²) in [7, 11) is 0. The molecule has 0 bridgehead atoms. The lowest BCUT2D eigenvalue weighted by atomic mass is 10.1. The molecule has 0 heterocycles. The van der Waals surface area contributed by atoms with E-state index in [1.54, 1.807) is 6.07 Å². The largest absolute Gasteiger partial charge is 0.399 e. The molecule has 0 fully saturated rings. The van der Waals surface area contributed by atoms with Crippen LogP contribution in [0.4, 0.5) is 5.69 Å². The summed E-state index contributed by atoms with van der Waals surface area (Å²) < 4.78 is 0. The minimum Gasteiger partial charge on any atom is -0.399 e. The number of benzene rings is 1. The fourth-order valence-corrected chi connectivity index (χ4v) is 1.42. The Kier molecular flexibility index (Phi) is 7.54. The summed E-state index contributed by atoms with van der Waals surface area (Å²) in [5.41, 5.74) is 12.4. The van der Waals surface area contributed by atoms with Crippen LogP contribution in [0.1, 0.15) is 18.4 Å². The van der Waals surface area contributed by atoms with E-state index < -0.39 is 5.91 Å². The van der Waals surface area contributed by atoms with E-state index in [1.165, 1.54) is 0 Å². The second-order valence-electron chi connectivity index (χ2n) is 3.77. The molecule has 0 saturated carbocycles. The van der Waals surface area contributed by atoms with Gasteiger partial charge < -0.3 is 16.8 Å². The summed E-state index contributed by atoms with van der Waals surface area (Å²) in [5, 5.41) is 2.62. The van der Waals surface area contributed by atoms with Gasteiger partial charge in [-0.25, -0.2) is 0 Å². The summed E-state index contributed by atoms with van der Waals surface area (Å²) in [6.07, 6.45) is 1.11. The Bertz CT molecular complexity index is 410. The van der Waals surface area contributed by atoms with E-state index in [0.29, 0.717) is 25.1 Å². The van der Waals surface area contributed by atoms with E-state index in [-0.39, 0.29) is 24.7 Å². The maximum Gasteiger partial charge on any atom is 0.220 e. The highest BCUT2D eigenvalue weighted by Gasteiger charge is 2.04. The lowest BCUT2D eigenvalue weighted by Crippen LogP contribution is -2.28. The molecule has 5 nitrogen and oxygen atoms in total. The Morgan fingerprint density at radius 2 is 1.83 bits per heavy atom. The third-order valence-electron chi connectivity index (χ3n) is 2.37. The quantitative estimate of drug-likeness (QED) is 0.661. The molecule has 0 aliphatic rings. The number of amides is 2. The van der Waals surface area contributed by atoms with Gasteiger partial charge in [0.25, 0.3) is 0 Å². The lowest BCUT2D eigenvalue weighted by Gasteiger charge is -2.06. The van der Waals surface area contributed by atoms with Crippen LogP contribution in [0.5, 0.6) is 0 Å². The smallest absolute Gasteiger partial charge is 0.220 e. The van der Waals surface area contributed by atoms with Crippen molar-refractivity contribution in [1.29, 1.82) is 0 Å². The number of para-hydroxylation sites is 1. The zero-order valence-electron chi connectivity index (χ0n) is 10.0. The molecule has 0 unspecified atom stereocenters. The molecule has 1 rings (SSSR count). The van der Waals surface area contributed by atoms with Gasteiger partial charge in [-0.1, -0.05) is 18.2 Å². The molecule has 0 saturated heterocycles. The molecule has 100 valence electrons. The normalized spacial score (nSPS) is 9.33. The van der Waals surface area contributed by atoms with E-state index in [1.807, 2.05) is 18.2 Å². The number of rotatable bonds is 6. The second kappa shape index (κ2) is 8.36. The molecule has 6 heteroatoms. The molecule has 0 aliphatic carbocycles. The van der Waals surface area contributed by atoms with Crippen LogP contribution < -0.4 is 16.8 Å². The maximum absolute atomic E-state index is 11.4. The molecule has 2 amide bonds. The number of nitrogens with one attached hydrogen (secondary N) is 1. The predicted octanol–water partition coefficient (Wildman–Crippen LogP) is 0.615. The number of hydrogen-bond donors (Lipinski definition) is 3. The predicted molar refractivity (Wildman–Crippen MR) is 73.2 cm³/mol. The summed E-state index contributed by atoms with van der Waals surface area (Å²) in [6.45, 7) is 0.290. The molecule has 0 atom stereocenters. The van der Waals surface area contributed by atoms with Gasteiger partial charge in [-0.15, -0.1) is 12.4 Å². The third-order valence-corrected chi connectivity index (χ3v) is 2.37. The standard InChI is InChI=1S/C12H17N3O2.ClH/c13-10-4-2-1-3-9(10)5-6-12(17)15-8-7-11(14)16;/h1-4H,5-8,13H2,(H2,14,16)(H,15,17);1H. The number of aryl methyl sites for hydroxylation is 1. The van der Waals surface area contributed by atoms with Crippen LogP contribution in [0.3, 0.4) is 0 Å². The SMILES string of the molecule is Cl.NC(=O)CCNC(=O)CCc1ccccc1N. The number of nitrogens with two attached hydrogens (primary N) is 2. The lowest BCUT2D eigenvalue weighted by molar-refractivity contribution is -0.121. The molecule has 0 spiro atoms. The van der Waals surface area contributed by atoms with Crippen LogP contribution in [-0.2, 0) is 16.0 Å². The fourth-order valence-electron chi connectivity index (χ4n) is 1.42. The zero-order chi connectivity index (χ0) is 12.7. The summed E-state index contributed by atoms with van der Waals surface area (Å²) in [4.78, 5) is 21.9. The number of halogens is 1. The Balaban J connectivity index is 0.00000289. The highest BCUT2D eigenvalue weighted by atomic mass is 35.5. The first-order valence-corrected chi connectivity index (χ1v) is 5.48. The van der Waals surface area contributed by atoms with Crippen molar-refractivity contribution >= 4 is 29.9 Å². The molecule has 1 aromatic rings. The van der Waals surface area contributed by atoms with Crippen LogP contribution in [0.15, 0.2) is 24.3 Å². The van der Waals surface area contributed by atoms with E-state index >= 15 is 0 Å². The summed E-state index contributed by atoms with van der Waals surface area (Å²) >= 11 is 0. The van der Waals surface area contributed by atoms with Gasteiger partial charge in [0.15, 0.2) is 0 Å². The molecule has 5 N–H and O–H groups in total. The van der Waals surface area contributed by atoms with Crippen molar-refractivity contribution in [2.24, 2.45) is 5.73 Å². The monoisotopic (exact) mass is 271 g/mol. The van der Waals surface area contributed by atoms with Crippen molar-refractivity contribution in [1.82, 2.24) is 5.32 Å². The molecule has 1 aromatic carbocycles. The number of anilines is 1. The second-order valence-corrected chi connectivity index (χ2v) is 3.77. The van der Waals surface area contributed by atoms with Crippen molar-refractivity contribution in [2.45, 2.75) is 19.3 Å². The first-order valence-electron chi connectivity index (χ1n) is 5.48. The van der Waals surface area contributed by atoms with E-state index in [9.17, 15) is 9.59 Å². The average molecular weight is 272 g/mol. The molecular weight excluding hydrogens is 254 g/mol. The highest BCUT2D eigenvalue weighted by Crippen LogP contribution is 2.12. The Morgan fingerprint density at radius 1 is 1.17 bits per heavy atom. The van der Waals surface area contributed by atoms with E-state index in [4.69, 9.17) is 11.5 Å². The minimum absolute atomic E-state index is 0. The molecule has 18 heavy (non-hydrogen) atoms. The van der Waals surface area contributed by atoms with Crippen LogP contribution >= 0.6 is 12.4 Å². The van der Waals surface area contributed by atoms with Crippen molar-refractivity contribution in [2.75, 3.05) is 12.3 Å².